The van der Waals surface area contributed by atoms with Crippen LogP contribution in [-0.4, -0.2) is 9.13 Å². The lowest BCUT2D eigenvalue weighted by molar-refractivity contribution is 0.577. The standard InChI is InChI=1S/C15H18N2O2/c1-4-16-11(3)13(12-9-7-6-8-10-12)14(18)17(5-2)15(16)19/h6-10H,4-5H2,1-3H3. The van der Waals surface area contributed by atoms with Crippen LogP contribution in [0.1, 0.15) is 19.5 Å². The third-order valence-corrected chi connectivity index (χ3v) is 3.38. The average Bonchev–Trinajstić information content (AvgIpc) is 2.41. The monoisotopic (exact) mass is 258 g/mol. The number of benzene rings is 1. The molecule has 0 fully saturated rings. The molecule has 0 aliphatic carbocycles. The molecule has 0 N–H and O–H groups in total. The van der Waals surface area contributed by atoms with Gasteiger partial charge in [-0.3, -0.25) is 13.9 Å². The molecule has 0 atom stereocenters. The summed E-state index contributed by atoms with van der Waals surface area (Å²) in [6.07, 6.45) is 0. The van der Waals surface area contributed by atoms with Gasteiger partial charge in [0.1, 0.15) is 0 Å². The highest BCUT2D eigenvalue weighted by molar-refractivity contribution is 5.64. The van der Waals surface area contributed by atoms with Gasteiger partial charge in [-0.15, -0.1) is 0 Å². The molecular weight excluding hydrogens is 240 g/mol. The Labute approximate surface area is 111 Å². The fourth-order valence-corrected chi connectivity index (χ4v) is 2.39. The van der Waals surface area contributed by atoms with Gasteiger partial charge in [0, 0.05) is 18.8 Å². The first-order valence-electron chi connectivity index (χ1n) is 6.51. The Morgan fingerprint density at radius 3 is 2.05 bits per heavy atom. The van der Waals surface area contributed by atoms with Gasteiger partial charge in [-0.05, 0) is 26.3 Å². The summed E-state index contributed by atoms with van der Waals surface area (Å²) in [6.45, 7) is 6.50. The zero-order valence-corrected chi connectivity index (χ0v) is 11.5. The Morgan fingerprint density at radius 1 is 0.947 bits per heavy atom. The van der Waals surface area contributed by atoms with Gasteiger partial charge in [-0.1, -0.05) is 30.3 Å². The molecule has 4 nitrogen and oxygen atoms in total. The summed E-state index contributed by atoms with van der Waals surface area (Å²) in [5.41, 5.74) is 1.76. The summed E-state index contributed by atoms with van der Waals surface area (Å²) < 4.78 is 2.94. The predicted octanol–water partition coefficient (Wildman–Crippen LogP) is 2.03. The topological polar surface area (TPSA) is 44.0 Å². The van der Waals surface area contributed by atoms with E-state index in [2.05, 4.69) is 0 Å². The molecule has 0 amide bonds. The summed E-state index contributed by atoms with van der Waals surface area (Å²) in [5.74, 6) is 0. The van der Waals surface area contributed by atoms with Crippen LogP contribution in [-0.2, 0) is 13.1 Å². The number of hydrogen-bond donors (Lipinski definition) is 0. The molecule has 2 aromatic rings. The Balaban J connectivity index is 2.89. The van der Waals surface area contributed by atoms with E-state index >= 15 is 0 Å². The number of nitrogens with zero attached hydrogens (tertiary/aromatic N) is 2. The van der Waals surface area contributed by atoms with Crippen molar-refractivity contribution in [2.24, 2.45) is 0 Å². The number of aromatic nitrogens is 2. The minimum Gasteiger partial charge on any atom is -0.297 e. The Morgan fingerprint density at radius 2 is 1.53 bits per heavy atom. The van der Waals surface area contributed by atoms with Gasteiger partial charge in [-0.2, -0.15) is 0 Å². The molecule has 1 aromatic heterocycles. The molecule has 100 valence electrons. The van der Waals surface area contributed by atoms with Crippen LogP contribution in [0.3, 0.4) is 0 Å². The molecule has 0 radical (unpaired) electrons. The van der Waals surface area contributed by atoms with Crippen LogP contribution in [0.25, 0.3) is 11.1 Å². The summed E-state index contributed by atoms with van der Waals surface area (Å²) >= 11 is 0. The van der Waals surface area contributed by atoms with Crippen LogP contribution in [0.5, 0.6) is 0 Å². The molecule has 1 heterocycles. The van der Waals surface area contributed by atoms with Gasteiger partial charge in [0.15, 0.2) is 0 Å². The summed E-state index contributed by atoms with van der Waals surface area (Å²) in [7, 11) is 0. The van der Waals surface area contributed by atoms with Gasteiger partial charge in [0.05, 0.1) is 5.56 Å². The van der Waals surface area contributed by atoms with Gasteiger partial charge < -0.3 is 0 Å². The van der Waals surface area contributed by atoms with Crippen molar-refractivity contribution in [2.45, 2.75) is 33.9 Å². The van der Waals surface area contributed by atoms with Crippen molar-refractivity contribution in [1.82, 2.24) is 9.13 Å². The quantitative estimate of drug-likeness (QED) is 0.845. The van der Waals surface area contributed by atoms with Crippen molar-refractivity contribution in [1.29, 1.82) is 0 Å². The highest BCUT2D eigenvalue weighted by Gasteiger charge is 2.15. The maximum absolute atomic E-state index is 12.5. The maximum Gasteiger partial charge on any atom is 0.331 e. The first kappa shape index (κ1) is 13.3. The molecule has 0 saturated carbocycles. The summed E-state index contributed by atoms with van der Waals surface area (Å²) in [5, 5.41) is 0. The second-order valence-electron chi connectivity index (χ2n) is 4.40. The van der Waals surface area contributed by atoms with Crippen molar-refractivity contribution in [2.75, 3.05) is 0 Å². The minimum atomic E-state index is -0.229. The van der Waals surface area contributed by atoms with Crippen molar-refractivity contribution in [3.8, 4) is 11.1 Å². The second-order valence-corrected chi connectivity index (χ2v) is 4.40. The number of rotatable bonds is 3. The van der Waals surface area contributed by atoms with E-state index in [1.165, 1.54) is 4.57 Å². The highest BCUT2D eigenvalue weighted by atomic mass is 16.2. The largest absolute Gasteiger partial charge is 0.331 e. The van der Waals surface area contributed by atoms with E-state index in [1.807, 2.05) is 51.1 Å². The van der Waals surface area contributed by atoms with Crippen molar-refractivity contribution < 1.29 is 0 Å². The lowest BCUT2D eigenvalue weighted by Gasteiger charge is -2.15. The molecule has 0 aliphatic rings. The third-order valence-electron chi connectivity index (χ3n) is 3.38. The summed E-state index contributed by atoms with van der Waals surface area (Å²) in [4.78, 5) is 24.6. The fourth-order valence-electron chi connectivity index (χ4n) is 2.39. The van der Waals surface area contributed by atoms with Crippen molar-refractivity contribution in [3.05, 3.63) is 56.9 Å². The van der Waals surface area contributed by atoms with E-state index in [0.29, 0.717) is 18.7 Å². The normalized spacial score (nSPS) is 10.7. The minimum absolute atomic E-state index is 0.207. The Kier molecular flexibility index (Phi) is 3.69. The van der Waals surface area contributed by atoms with E-state index in [0.717, 1.165) is 11.3 Å². The van der Waals surface area contributed by atoms with Gasteiger partial charge >= 0.3 is 5.69 Å². The molecule has 19 heavy (non-hydrogen) atoms. The lowest BCUT2D eigenvalue weighted by atomic mass is 10.1. The van der Waals surface area contributed by atoms with Crippen LogP contribution >= 0.6 is 0 Å². The molecule has 0 unspecified atom stereocenters. The maximum atomic E-state index is 12.5. The van der Waals surface area contributed by atoms with Gasteiger partial charge in [0.25, 0.3) is 5.56 Å². The molecule has 4 heteroatoms. The lowest BCUT2D eigenvalue weighted by Crippen LogP contribution is -2.41. The molecule has 0 spiro atoms. The van der Waals surface area contributed by atoms with E-state index in [-0.39, 0.29) is 11.2 Å². The zero-order chi connectivity index (χ0) is 14.0. The predicted molar refractivity (Wildman–Crippen MR) is 76.5 cm³/mol. The smallest absolute Gasteiger partial charge is 0.297 e. The van der Waals surface area contributed by atoms with Crippen molar-refractivity contribution in [3.63, 3.8) is 0 Å². The van der Waals surface area contributed by atoms with Crippen LogP contribution in [0.2, 0.25) is 0 Å². The first-order valence-corrected chi connectivity index (χ1v) is 6.51. The van der Waals surface area contributed by atoms with E-state index in [9.17, 15) is 9.59 Å². The zero-order valence-electron chi connectivity index (χ0n) is 11.5. The van der Waals surface area contributed by atoms with E-state index < -0.39 is 0 Å². The summed E-state index contributed by atoms with van der Waals surface area (Å²) in [6, 6.07) is 9.49. The van der Waals surface area contributed by atoms with Crippen LogP contribution < -0.4 is 11.2 Å². The highest BCUT2D eigenvalue weighted by Crippen LogP contribution is 2.17. The molecule has 0 saturated heterocycles. The van der Waals surface area contributed by atoms with Crippen molar-refractivity contribution >= 4 is 0 Å². The molecule has 1 aromatic carbocycles. The Hall–Kier alpha value is -2.10. The SMILES string of the molecule is CCn1c(C)c(-c2ccccc2)c(=O)n(CC)c1=O. The Bertz CT molecular complexity index is 697. The van der Waals surface area contributed by atoms with Crippen LogP contribution in [0.4, 0.5) is 0 Å². The van der Waals surface area contributed by atoms with Gasteiger partial charge in [-0.25, -0.2) is 4.79 Å². The fraction of sp³-hybridized carbons (Fsp3) is 0.333. The molecule has 2 rings (SSSR count). The number of hydrogen-bond acceptors (Lipinski definition) is 2. The average molecular weight is 258 g/mol. The molecular formula is C15H18N2O2. The van der Waals surface area contributed by atoms with Crippen LogP contribution in [0, 0.1) is 6.92 Å². The van der Waals surface area contributed by atoms with E-state index in [1.54, 1.807) is 4.57 Å². The van der Waals surface area contributed by atoms with Crippen LogP contribution in [0.15, 0.2) is 39.9 Å². The molecule has 0 aliphatic heterocycles. The second kappa shape index (κ2) is 5.26. The third kappa shape index (κ3) is 2.14. The van der Waals surface area contributed by atoms with E-state index in [4.69, 9.17) is 0 Å². The first-order chi connectivity index (χ1) is 9.11. The van der Waals surface area contributed by atoms with Gasteiger partial charge in [0.2, 0.25) is 0 Å². The molecule has 0 bridgehead atoms.